The first-order chi connectivity index (χ1) is 11.3. The summed E-state index contributed by atoms with van der Waals surface area (Å²) in [6.07, 6.45) is 1.65. The quantitative estimate of drug-likeness (QED) is 0.597. The average molecular weight is 364 g/mol. The van der Waals surface area contributed by atoms with E-state index >= 15 is 0 Å². The number of aromatic nitrogens is 2. The Morgan fingerprint density at radius 1 is 1.25 bits per heavy atom. The van der Waals surface area contributed by atoms with Gasteiger partial charge in [0.2, 0.25) is 5.78 Å². The number of Topliss-reactive ketones (excluding diaryl/α,β-unsaturated/α-hetero) is 1. The molecule has 0 aromatic carbocycles. The molecule has 0 saturated carbocycles. The van der Waals surface area contributed by atoms with Crippen LogP contribution in [0, 0.1) is 6.92 Å². The smallest absolute Gasteiger partial charge is 0.288 e. The fourth-order valence-corrected chi connectivity index (χ4v) is 3.09. The van der Waals surface area contributed by atoms with Gasteiger partial charge in [0, 0.05) is 18.2 Å². The van der Waals surface area contributed by atoms with Crippen molar-refractivity contribution in [2.45, 2.75) is 33.1 Å². The van der Waals surface area contributed by atoms with Crippen molar-refractivity contribution in [3.05, 3.63) is 45.3 Å². The third kappa shape index (κ3) is 2.68. The molecule has 0 bridgehead atoms. The van der Waals surface area contributed by atoms with E-state index in [1.165, 1.54) is 4.90 Å². The molecule has 0 N–H and O–H groups in total. The molecule has 2 aromatic rings. The van der Waals surface area contributed by atoms with E-state index < -0.39 is 11.7 Å². The number of carbonyl (C=O) groups excluding carboxylic acids is 2. The molecular weight excluding hydrogens is 349 g/mol. The Bertz CT molecular complexity index is 865. The van der Waals surface area contributed by atoms with Crippen molar-refractivity contribution in [3.8, 4) is 0 Å². The van der Waals surface area contributed by atoms with Gasteiger partial charge in [-0.3, -0.25) is 19.5 Å². The van der Waals surface area contributed by atoms with Crippen LogP contribution in [-0.4, -0.2) is 21.7 Å². The highest BCUT2D eigenvalue weighted by Gasteiger charge is 2.36. The van der Waals surface area contributed by atoms with Crippen molar-refractivity contribution >= 4 is 46.4 Å². The molecule has 1 aliphatic rings. The molecule has 0 radical (unpaired) electrons. The summed E-state index contributed by atoms with van der Waals surface area (Å²) >= 11 is 12.1. The molecule has 1 amide bonds. The van der Waals surface area contributed by atoms with E-state index in [2.05, 4.69) is 9.97 Å². The fraction of sp³-hybridized carbons (Fsp3) is 0.294. The summed E-state index contributed by atoms with van der Waals surface area (Å²) in [5, 5.41) is 0.347. The normalized spacial score (nSPS) is 14.3. The monoisotopic (exact) mass is 363 g/mol. The van der Waals surface area contributed by atoms with Gasteiger partial charge in [0.1, 0.15) is 11.0 Å². The predicted octanol–water partition coefficient (Wildman–Crippen LogP) is 4.01. The Balaban J connectivity index is 2.31. The van der Waals surface area contributed by atoms with Crippen molar-refractivity contribution < 1.29 is 9.59 Å². The van der Waals surface area contributed by atoms with Crippen molar-refractivity contribution in [2.75, 3.05) is 4.90 Å². The summed E-state index contributed by atoms with van der Waals surface area (Å²) in [5.41, 5.74) is 2.71. The first-order valence-electron chi connectivity index (χ1n) is 7.49. The number of nitrogens with zero attached hydrogens (tertiary/aromatic N) is 3. The number of hydrogen-bond donors (Lipinski definition) is 0. The number of fused-ring (bicyclic) bond motifs is 1. The number of carbonyl (C=O) groups is 2. The molecule has 0 unspecified atom stereocenters. The van der Waals surface area contributed by atoms with Gasteiger partial charge >= 0.3 is 5.91 Å². The third-order valence-corrected chi connectivity index (χ3v) is 4.59. The molecule has 0 atom stereocenters. The number of pyridine rings is 2. The highest BCUT2D eigenvalue weighted by Crippen LogP contribution is 2.39. The zero-order valence-electron chi connectivity index (χ0n) is 13.4. The molecule has 124 valence electrons. The lowest BCUT2D eigenvalue weighted by atomic mass is 9.99. The minimum Gasteiger partial charge on any atom is -0.288 e. The SMILES string of the molecule is Cc1ccnc(C(C)C)c1N1C(=O)C(=O)Cc2cc(Cl)c(Cl)nc21. The molecule has 1 aliphatic heterocycles. The number of ketones is 1. The maximum absolute atomic E-state index is 12.6. The largest absolute Gasteiger partial charge is 0.300 e. The molecule has 3 heterocycles. The molecule has 24 heavy (non-hydrogen) atoms. The van der Waals surface area contributed by atoms with Crippen LogP contribution in [0.3, 0.4) is 0 Å². The van der Waals surface area contributed by atoms with Gasteiger partial charge in [0.15, 0.2) is 0 Å². The number of aryl methyl sites for hydroxylation is 1. The fourth-order valence-electron chi connectivity index (χ4n) is 2.78. The first kappa shape index (κ1) is 16.9. The van der Waals surface area contributed by atoms with Crippen molar-refractivity contribution in [2.24, 2.45) is 0 Å². The molecule has 3 rings (SSSR count). The van der Waals surface area contributed by atoms with Crippen LogP contribution in [-0.2, 0) is 16.0 Å². The van der Waals surface area contributed by atoms with Crippen LogP contribution >= 0.6 is 23.2 Å². The topological polar surface area (TPSA) is 63.2 Å². The maximum atomic E-state index is 12.6. The summed E-state index contributed by atoms with van der Waals surface area (Å²) in [6.45, 7) is 5.82. The Morgan fingerprint density at radius 3 is 2.62 bits per heavy atom. The van der Waals surface area contributed by atoms with E-state index in [9.17, 15) is 9.59 Å². The standard InChI is InChI=1S/C17H15Cl2N3O2/c1-8(2)13-14(9(3)4-5-20-13)22-16-10(7-12(23)17(22)24)6-11(18)15(19)21-16/h4-6,8H,7H2,1-3H3. The minimum absolute atomic E-state index is 0.0368. The summed E-state index contributed by atoms with van der Waals surface area (Å²) in [6, 6.07) is 3.38. The highest BCUT2D eigenvalue weighted by atomic mass is 35.5. The Kier molecular flexibility index (Phi) is 4.32. The Labute approximate surface area is 149 Å². The molecular formula is C17H15Cl2N3O2. The number of anilines is 2. The van der Waals surface area contributed by atoms with E-state index in [1.807, 2.05) is 20.8 Å². The number of amides is 1. The van der Waals surface area contributed by atoms with Crippen LogP contribution in [0.1, 0.15) is 36.6 Å². The Hall–Kier alpha value is -1.98. The lowest BCUT2D eigenvalue weighted by Crippen LogP contribution is -2.40. The average Bonchev–Trinajstić information content (AvgIpc) is 2.51. The van der Waals surface area contributed by atoms with Crippen LogP contribution in [0.5, 0.6) is 0 Å². The zero-order valence-corrected chi connectivity index (χ0v) is 14.9. The van der Waals surface area contributed by atoms with E-state index in [0.717, 1.165) is 11.3 Å². The third-order valence-electron chi connectivity index (χ3n) is 3.92. The Morgan fingerprint density at radius 2 is 1.96 bits per heavy atom. The van der Waals surface area contributed by atoms with Gasteiger partial charge in [0.25, 0.3) is 0 Å². The summed E-state index contributed by atoms with van der Waals surface area (Å²) in [4.78, 5) is 34.8. The summed E-state index contributed by atoms with van der Waals surface area (Å²) in [7, 11) is 0. The van der Waals surface area contributed by atoms with E-state index in [-0.39, 0.29) is 22.5 Å². The van der Waals surface area contributed by atoms with Crippen molar-refractivity contribution in [3.63, 3.8) is 0 Å². The second kappa shape index (κ2) is 6.15. The highest BCUT2D eigenvalue weighted by molar-refractivity contribution is 6.45. The van der Waals surface area contributed by atoms with Gasteiger partial charge in [0.05, 0.1) is 16.4 Å². The predicted molar refractivity (Wildman–Crippen MR) is 93.2 cm³/mol. The second-order valence-corrected chi connectivity index (χ2v) is 6.77. The number of rotatable bonds is 2. The van der Waals surface area contributed by atoms with E-state index in [4.69, 9.17) is 23.2 Å². The minimum atomic E-state index is -0.633. The van der Waals surface area contributed by atoms with Gasteiger partial charge in [-0.2, -0.15) is 0 Å². The maximum Gasteiger partial charge on any atom is 0.300 e. The van der Waals surface area contributed by atoms with Gasteiger partial charge in [-0.05, 0) is 30.5 Å². The van der Waals surface area contributed by atoms with E-state index in [0.29, 0.717) is 17.1 Å². The molecule has 0 spiro atoms. The summed E-state index contributed by atoms with van der Waals surface area (Å²) in [5.74, 6) is -0.741. The number of halogens is 2. The van der Waals surface area contributed by atoms with Gasteiger partial charge in [-0.1, -0.05) is 37.0 Å². The summed E-state index contributed by atoms with van der Waals surface area (Å²) < 4.78 is 0. The molecule has 2 aromatic heterocycles. The second-order valence-electron chi connectivity index (χ2n) is 6.00. The molecule has 0 fully saturated rings. The molecule has 0 saturated heterocycles. The van der Waals surface area contributed by atoms with E-state index in [1.54, 1.807) is 18.3 Å². The first-order valence-corrected chi connectivity index (χ1v) is 8.24. The van der Waals surface area contributed by atoms with Crippen molar-refractivity contribution in [1.82, 2.24) is 9.97 Å². The molecule has 5 nitrogen and oxygen atoms in total. The van der Waals surface area contributed by atoms with Gasteiger partial charge in [-0.25, -0.2) is 4.98 Å². The van der Waals surface area contributed by atoms with Crippen LogP contribution in [0.15, 0.2) is 18.3 Å². The zero-order chi connectivity index (χ0) is 17.6. The van der Waals surface area contributed by atoms with Crippen molar-refractivity contribution in [1.29, 1.82) is 0 Å². The molecule has 7 heteroatoms. The van der Waals surface area contributed by atoms with Crippen LogP contribution < -0.4 is 4.90 Å². The van der Waals surface area contributed by atoms with Crippen LogP contribution in [0.2, 0.25) is 10.2 Å². The van der Waals surface area contributed by atoms with Gasteiger partial charge < -0.3 is 0 Å². The number of hydrogen-bond acceptors (Lipinski definition) is 4. The lowest BCUT2D eigenvalue weighted by molar-refractivity contribution is -0.135. The molecule has 0 aliphatic carbocycles. The lowest BCUT2D eigenvalue weighted by Gasteiger charge is -2.30. The van der Waals surface area contributed by atoms with Gasteiger partial charge in [-0.15, -0.1) is 0 Å². The van der Waals surface area contributed by atoms with Crippen LogP contribution in [0.4, 0.5) is 11.5 Å². The van der Waals surface area contributed by atoms with Crippen LogP contribution in [0.25, 0.3) is 0 Å².